The molecule has 0 aromatic heterocycles. The molecule has 1 aliphatic carbocycles. The fourth-order valence-corrected chi connectivity index (χ4v) is 3.21. The molecule has 0 bridgehead atoms. The molecule has 3 rings (SSSR count). The molecule has 1 aromatic rings. The zero-order valence-corrected chi connectivity index (χ0v) is 12.4. The maximum absolute atomic E-state index is 12.5. The monoisotopic (exact) mass is 312 g/mol. The van der Waals surface area contributed by atoms with Crippen LogP contribution in [0.1, 0.15) is 38.2 Å². The topological polar surface area (TPSA) is 32.1 Å². The van der Waals surface area contributed by atoms with E-state index in [-0.39, 0.29) is 11.6 Å². The fourth-order valence-electron chi connectivity index (χ4n) is 3.21. The second kappa shape index (κ2) is 5.18. The minimum Gasteiger partial charge on any atom is -0.315 e. The van der Waals surface area contributed by atoms with E-state index in [4.69, 9.17) is 0 Å². The van der Waals surface area contributed by atoms with Gasteiger partial charge in [-0.05, 0) is 55.9 Å². The second-order valence-corrected chi connectivity index (χ2v) is 6.50. The number of amides is 2. The standard InChI is InChI=1S/C16H19F3N2O/c1-11-6-8-15(9-7-11)10-21(15)14(22)20-13-4-2-12(3-5-13)16(17,18)19/h2-5,11H,6-10H2,1H3,(H,20,22). The summed E-state index contributed by atoms with van der Waals surface area (Å²) in [4.78, 5) is 14.0. The van der Waals surface area contributed by atoms with Gasteiger partial charge in [0.25, 0.3) is 0 Å². The van der Waals surface area contributed by atoms with Gasteiger partial charge in [0.2, 0.25) is 0 Å². The predicted molar refractivity (Wildman–Crippen MR) is 77.5 cm³/mol. The molecular formula is C16H19F3N2O. The lowest BCUT2D eigenvalue weighted by Gasteiger charge is -2.26. The van der Waals surface area contributed by atoms with Crippen LogP contribution >= 0.6 is 0 Å². The van der Waals surface area contributed by atoms with E-state index < -0.39 is 11.7 Å². The minimum absolute atomic E-state index is 0.00248. The van der Waals surface area contributed by atoms with Gasteiger partial charge >= 0.3 is 12.2 Å². The third-order valence-electron chi connectivity index (χ3n) is 4.84. The summed E-state index contributed by atoms with van der Waals surface area (Å²) in [5, 5.41) is 2.68. The van der Waals surface area contributed by atoms with E-state index in [1.54, 1.807) is 4.90 Å². The molecule has 2 aliphatic rings. The first kappa shape index (κ1) is 15.2. The molecule has 120 valence electrons. The number of alkyl halides is 3. The molecule has 0 atom stereocenters. The number of carbonyl (C=O) groups is 1. The van der Waals surface area contributed by atoms with Crippen LogP contribution in [0.5, 0.6) is 0 Å². The molecule has 1 N–H and O–H groups in total. The van der Waals surface area contributed by atoms with Gasteiger partial charge in [0.05, 0.1) is 11.1 Å². The Kier molecular flexibility index (Phi) is 3.57. The van der Waals surface area contributed by atoms with Crippen molar-refractivity contribution >= 4 is 11.7 Å². The number of benzene rings is 1. The Morgan fingerprint density at radius 3 is 2.36 bits per heavy atom. The Balaban J connectivity index is 1.59. The van der Waals surface area contributed by atoms with E-state index in [9.17, 15) is 18.0 Å². The van der Waals surface area contributed by atoms with Crippen molar-refractivity contribution in [2.45, 2.75) is 44.3 Å². The van der Waals surface area contributed by atoms with Gasteiger partial charge in [-0.2, -0.15) is 13.2 Å². The van der Waals surface area contributed by atoms with Gasteiger partial charge in [0, 0.05) is 12.2 Å². The fraction of sp³-hybridized carbons (Fsp3) is 0.562. The Hall–Kier alpha value is -1.72. The molecule has 1 saturated carbocycles. The number of anilines is 1. The number of urea groups is 1. The van der Waals surface area contributed by atoms with Crippen LogP contribution in [-0.4, -0.2) is 23.0 Å². The Bertz CT molecular complexity index is 560. The molecule has 1 spiro atoms. The van der Waals surface area contributed by atoms with Crippen LogP contribution in [0, 0.1) is 5.92 Å². The van der Waals surface area contributed by atoms with Gasteiger partial charge in [-0.3, -0.25) is 0 Å². The van der Waals surface area contributed by atoms with E-state index in [2.05, 4.69) is 12.2 Å². The zero-order chi connectivity index (χ0) is 16.0. The predicted octanol–water partition coefficient (Wildman–Crippen LogP) is 4.50. The number of hydrogen-bond donors (Lipinski definition) is 1. The number of nitrogens with one attached hydrogen (secondary N) is 1. The lowest BCUT2D eigenvalue weighted by atomic mass is 9.82. The lowest BCUT2D eigenvalue weighted by molar-refractivity contribution is -0.137. The number of nitrogens with zero attached hydrogens (tertiary/aromatic N) is 1. The maximum atomic E-state index is 12.5. The second-order valence-electron chi connectivity index (χ2n) is 6.50. The van der Waals surface area contributed by atoms with Crippen LogP contribution in [0.2, 0.25) is 0 Å². The number of carbonyl (C=O) groups excluding carboxylic acids is 1. The van der Waals surface area contributed by atoms with Gasteiger partial charge in [0.1, 0.15) is 0 Å². The third-order valence-corrected chi connectivity index (χ3v) is 4.84. The minimum atomic E-state index is -4.36. The van der Waals surface area contributed by atoms with Crippen molar-refractivity contribution in [3.8, 4) is 0 Å². The molecule has 6 heteroatoms. The first-order valence-electron chi connectivity index (χ1n) is 7.56. The van der Waals surface area contributed by atoms with Crippen LogP contribution in [-0.2, 0) is 6.18 Å². The van der Waals surface area contributed by atoms with Crippen molar-refractivity contribution in [3.63, 3.8) is 0 Å². The molecular weight excluding hydrogens is 293 g/mol. The van der Waals surface area contributed by atoms with Gasteiger partial charge in [-0.15, -0.1) is 0 Å². The van der Waals surface area contributed by atoms with Crippen LogP contribution in [0.25, 0.3) is 0 Å². The van der Waals surface area contributed by atoms with Crippen molar-refractivity contribution < 1.29 is 18.0 Å². The SMILES string of the molecule is CC1CCC2(CC1)CN2C(=O)Nc1ccc(C(F)(F)F)cc1. The highest BCUT2D eigenvalue weighted by Gasteiger charge is 2.55. The van der Waals surface area contributed by atoms with Crippen molar-refractivity contribution in [3.05, 3.63) is 29.8 Å². The normalized spacial score (nSPS) is 27.8. The summed E-state index contributed by atoms with van der Waals surface area (Å²) in [7, 11) is 0. The number of rotatable bonds is 1. The van der Waals surface area contributed by atoms with Gasteiger partial charge in [-0.25, -0.2) is 4.79 Å². The Morgan fingerprint density at radius 2 is 1.82 bits per heavy atom. The summed E-state index contributed by atoms with van der Waals surface area (Å²) in [6.45, 7) is 2.98. The summed E-state index contributed by atoms with van der Waals surface area (Å²) in [6.07, 6.45) is -0.0529. The highest BCUT2D eigenvalue weighted by atomic mass is 19.4. The number of halogens is 3. The summed E-state index contributed by atoms with van der Waals surface area (Å²) in [5.41, 5.74) is -0.318. The molecule has 1 heterocycles. The molecule has 1 aromatic carbocycles. The van der Waals surface area contributed by atoms with Crippen molar-refractivity contribution in [2.75, 3.05) is 11.9 Å². The summed E-state index contributed by atoms with van der Waals surface area (Å²) in [6, 6.07) is 4.33. The van der Waals surface area contributed by atoms with E-state index in [0.29, 0.717) is 11.6 Å². The quantitative estimate of drug-likeness (QED) is 0.761. The van der Waals surface area contributed by atoms with Gasteiger partial charge in [0.15, 0.2) is 0 Å². The van der Waals surface area contributed by atoms with Gasteiger partial charge in [-0.1, -0.05) is 6.92 Å². The van der Waals surface area contributed by atoms with Gasteiger partial charge < -0.3 is 10.2 Å². The van der Waals surface area contributed by atoms with Crippen molar-refractivity contribution in [1.29, 1.82) is 0 Å². The Labute approximate surface area is 127 Å². The average molecular weight is 312 g/mol. The number of hydrogen-bond acceptors (Lipinski definition) is 1. The van der Waals surface area contributed by atoms with E-state index >= 15 is 0 Å². The van der Waals surface area contributed by atoms with E-state index in [0.717, 1.165) is 44.4 Å². The molecule has 0 unspecified atom stereocenters. The smallest absolute Gasteiger partial charge is 0.315 e. The Morgan fingerprint density at radius 1 is 1.23 bits per heavy atom. The molecule has 0 radical (unpaired) electrons. The van der Waals surface area contributed by atoms with E-state index in [1.165, 1.54) is 12.1 Å². The highest BCUT2D eigenvalue weighted by molar-refractivity contribution is 5.91. The molecule has 1 aliphatic heterocycles. The maximum Gasteiger partial charge on any atom is 0.416 e. The highest BCUT2D eigenvalue weighted by Crippen LogP contribution is 2.46. The molecule has 1 saturated heterocycles. The largest absolute Gasteiger partial charge is 0.416 e. The first-order chi connectivity index (χ1) is 10.3. The van der Waals surface area contributed by atoms with Crippen LogP contribution in [0.15, 0.2) is 24.3 Å². The van der Waals surface area contributed by atoms with Crippen molar-refractivity contribution in [1.82, 2.24) is 4.90 Å². The van der Waals surface area contributed by atoms with E-state index in [1.807, 2.05) is 0 Å². The zero-order valence-electron chi connectivity index (χ0n) is 12.4. The summed E-state index contributed by atoms with van der Waals surface area (Å²) < 4.78 is 37.5. The molecule has 2 fully saturated rings. The molecule has 3 nitrogen and oxygen atoms in total. The summed E-state index contributed by atoms with van der Waals surface area (Å²) >= 11 is 0. The summed E-state index contributed by atoms with van der Waals surface area (Å²) in [5.74, 6) is 0.714. The molecule has 2 amide bonds. The lowest BCUT2D eigenvalue weighted by Crippen LogP contribution is -2.30. The average Bonchev–Trinajstić information content (AvgIpc) is 3.16. The first-order valence-corrected chi connectivity index (χ1v) is 7.56. The molecule has 22 heavy (non-hydrogen) atoms. The van der Waals surface area contributed by atoms with Crippen LogP contribution in [0.4, 0.5) is 23.7 Å². The van der Waals surface area contributed by atoms with Crippen LogP contribution in [0.3, 0.4) is 0 Å². The van der Waals surface area contributed by atoms with Crippen LogP contribution < -0.4 is 5.32 Å². The van der Waals surface area contributed by atoms with Crippen molar-refractivity contribution in [2.24, 2.45) is 5.92 Å². The third kappa shape index (κ3) is 2.91.